The first kappa shape index (κ1) is 16.1. The number of nitrogens with zero attached hydrogens (tertiary/aromatic N) is 1. The Kier molecular flexibility index (Phi) is 5.90. The minimum Gasteiger partial charge on any atom is -0.378 e. The third-order valence-electron chi connectivity index (χ3n) is 3.90. The van der Waals surface area contributed by atoms with E-state index in [9.17, 15) is 0 Å². The fourth-order valence-corrected chi connectivity index (χ4v) is 7.01. The van der Waals surface area contributed by atoms with Gasteiger partial charge in [0.1, 0.15) is 5.01 Å². The lowest BCUT2D eigenvalue weighted by atomic mass is 10.2. The van der Waals surface area contributed by atoms with Crippen molar-refractivity contribution in [3.8, 4) is 0 Å². The molecule has 0 radical (unpaired) electrons. The molecular formula is C15H24N2OS3. The van der Waals surface area contributed by atoms with Gasteiger partial charge in [-0.2, -0.15) is 11.8 Å². The summed E-state index contributed by atoms with van der Waals surface area (Å²) in [5, 5.41) is 6.22. The van der Waals surface area contributed by atoms with E-state index in [1.54, 1.807) is 7.11 Å². The van der Waals surface area contributed by atoms with Gasteiger partial charge in [0.05, 0.1) is 17.6 Å². The summed E-state index contributed by atoms with van der Waals surface area (Å²) in [5.41, 5.74) is 1.15. The van der Waals surface area contributed by atoms with E-state index in [0.717, 1.165) is 23.5 Å². The van der Waals surface area contributed by atoms with Gasteiger partial charge in [-0.1, -0.05) is 6.92 Å². The summed E-state index contributed by atoms with van der Waals surface area (Å²) in [6.45, 7) is 3.90. The second kappa shape index (κ2) is 7.68. The largest absolute Gasteiger partial charge is 0.378 e. The van der Waals surface area contributed by atoms with Gasteiger partial charge in [-0.05, 0) is 19.3 Å². The molecule has 2 unspecified atom stereocenters. The Morgan fingerprint density at radius 1 is 1.29 bits per heavy atom. The highest BCUT2D eigenvalue weighted by Crippen LogP contribution is 2.45. The SMILES string of the molecule is CCC1SCCSC1c1nc(COC)c(CNC2CC2)s1. The maximum absolute atomic E-state index is 5.35. The summed E-state index contributed by atoms with van der Waals surface area (Å²) in [7, 11) is 1.76. The van der Waals surface area contributed by atoms with Crippen molar-refractivity contribution in [2.45, 2.75) is 55.9 Å². The van der Waals surface area contributed by atoms with Gasteiger partial charge in [-0.15, -0.1) is 23.1 Å². The van der Waals surface area contributed by atoms with Crippen LogP contribution in [-0.2, 0) is 17.9 Å². The van der Waals surface area contributed by atoms with Crippen LogP contribution in [0, 0.1) is 0 Å². The van der Waals surface area contributed by atoms with Gasteiger partial charge in [0.2, 0.25) is 0 Å². The second-order valence-corrected chi connectivity index (χ2v) is 9.33. The standard InChI is InChI=1S/C15H24N2OS3/c1-3-12-14(20-7-6-19-12)15-17-11(9-18-2)13(21-15)8-16-10-4-5-10/h10,12,14,16H,3-9H2,1-2H3. The summed E-state index contributed by atoms with van der Waals surface area (Å²) in [4.78, 5) is 6.32. The monoisotopic (exact) mass is 344 g/mol. The number of hydrogen-bond donors (Lipinski definition) is 1. The first-order valence-corrected chi connectivity index (χ1v) is 10.7. The Labute approximate surface area is 140 Å². The highest BCUT2D eigenvalue weighted by atomic mass is 32.2. The number of thiazole rings is 1. The molecule has 118 valence electrons. The molecule has 0 spiro atoms. The van der Waals surface area contributed by atoms with Crippen LogP contribution in [0.15, 0.2) is 0 Å². The van der Waals surface area contributed by atoms with Gasteiger partial charge < -0.3 is 10.1 Å². The van der Waals surface area contributed by atoms with Gasteiger partial charge in [0, 0.05) is 41.3 Å². The molecule has 0 bridgehead atoms. The van der Waals surface area contributed by atoms with E-state index in [1.807, 2.05) is 11.3 Å². The Hall–Kier alpha value is 0.250. The summed E-state index contributed by atoms with van der Waals surface area (Å²) in [5.74, 6) is 2.53. The van der Waals surface area contributed by atoms with E-state index in [4.69, 9.17) is 9.72 Å². The molecule has 0 aromatic carbocycles. The van der Waals surface area contributed by atoms with E-state index in [1.165, 1.54) is 40.7 Å². The Morgan fingerprint density at radius 3 is 2.81 bits per heavy atom. The Balaban J connectivity index is 1.75. The van der Waals surface area contributed by atoms with Crippen LogP contribution in [0.5, 0.6) is 0 Å². The summed E-state index contributed by atoms with van der Waals surface area (Å²) in [6, 6.07) is 0.744. The number of thioether (sulfide) groups is 2. The molecule has 1 saturated carbocycles. The van der Waals surface area contributed by atoms with Gasteiger partial charge >= 0.3 is 0 Å². The number of nitrogens with one attached hydrogen (secondary N) is 1. The molecule has 1 N–H and O–H groups in total. The van der Waals surface area contributed by atoms with E-state index in [0.29, 0.717) is 11.9 Å². The first-order valence-electron chi connectivity index (χ1n) is 7.75. The fraction of sp³-hybridized carbons (Fsp3) is 0.800. The van der Waals surface area contributed by atoms with Crippen LogP contribution in [0.4, 0.5) is 0 Å². The molecule has 3 nitrogen and oxygen atoms in total. The number of ether oxygens (including phenoxy) is 1. The van der Waals surface area contributed by atoms with E-state index < -0.39 is 0 Å². The van der Waals surface area contributed by atoms with Crippen molar-refractivity contribution >= 4 is 34.9 Å². The lowest BCUT2D eigenvalue weighted by molar-refractivity contribution is 0.181. The summed E-state index contributed by atoms with van der Waals surface area (Å²) < 4.78 is 5.35. The molecule has 1 aliphatic carbocycles. The van der Waals surface area contributed by atoms with Crippen molar-refractivity contribution in [2.75, 3.05) is 18.6 Å². The number of aromatic nitrogens is 1. The molecule has 3 rings (SSSR count). The van der Waals surface area contributed by atoms with E-state index in [-0.39, 0.29) is 0 Å². The predicted molar refractivity (Wildman–Crippen MR) is 94.4 cm³/mol. The van der Waals surface area contributed by atoms with E-state index in [2.05, 4.69) is 35.8 Å². The zero-order valence-electron chi connectivity index (χ0n) is 12.8. The normalized spacial score (nSPS) is 26.2. The minimum absolute atomic E-state index is 0.573. The first-order chi connectivity index (χ1) is 10.3. The third-order valence-corrected chi connectivity index (χ3v) is 8.49. The number of hydrogen-bond acceptors (Lipinski definition) is 6. The summed E-state index contributed by atoms with van der Waals surface area (Å²) >= 11 is 6.12. The van der Waals surface area contributed by atoms with Crippen LogP contribution >= 0.6 is 34.9 Å². The van der Waals surface area contributed by atoms with Gasteiger partial charge in [-0.3, -0.25) is 0 Å². The van der Waals surface area contributed by atoms with Crippen molar-refractivity contribution in [3.05, 3.63) is 15.6 Å². The predicted octanol–water partition coefficient (Wildman–Crippen LogP) is 3.84. The van der Waals surface area contributed by atoms with Crippen LogP contribution in [0.25, 0.3) is 0 Å². The quantitative estimate of drug-likeness (QED) is 0.813. The van der Waals surface area contributed by atoms with Crippen molar-refractivity contribution < 1.29 is 4.74 Å². The molecule has 21 heavy (non-hydrogen) atoms. The van der Waals surface area contributed by atoms with Crippen LogP contribution in [0.3, 0.4) is 0 Å². The average Bonchev–Trinajstić information content (AvgIpc) is 3.26. The number of rotatable bonds is 7. The van der Waals surface area contributed by atoms with Crippen LogP contribution in [0.2, 0.25) is 0 Å². The smallest absolute Gasteiger partial charge is 0.107 e. The summed E-state index contributed by atoms with van der Waals surface area (Å²) in [6.07, 6.45) is 3.90. The Bertz CT molecular complexity index is 462. The third kappa shape index (κ3) is 4.16. The molecule has 0 amide bonds. The highest BCUT2D eigenvalue weighted by Gasteiger charge is 2.30. The Morgan fingerprint density at radius 2 is 2.10 bits per heavy atom. The van der Waals surface area contributed by atoms with Gasteiger partial charge in [-0.25, -0.2) is 4.98 Å². The van der Waals surface area contributed by atoms with Crippen molar-refractivity contribution in [1.82, 2.24) is 10.3 Å². The molecule has 2 heterocycles. The highest BCUT2D eigenvalue weighted by molar-refractivity contribution is 8.06. The lowest BCUT2D eigenvalue weighted by Crippen LogP contribution is -2.18. The van der Waals surface area contributed by atoms with Crippen LogP contribution in [0.1, 0.15) is 47.0 Å². The maximum atomic E-state index is 5.35. The fourth-order valence-electron chi connectivity index (χ4n) is 2.57. The second-order valence-electron chi connectivity index (χ2n) is 5.62. The molecule has 1 aliphatic heterocycles. The average molecular weight is 345 g/mol. The van der Waals surface area contributed by atoms with E-state index >= 15 is 0 Å². The molecular weight excluding hydrogens is 320 g/mol. The molecule has 2 aliphatic rings. The van der Waals surface area contributed by atoms with Crippen molar-refractivity contribution in [1.29, 1.82) is 0 Å². The molecule has 1 aromatic heterocycles. The molecule has 2 fully saturated rings. The van der Waals surface area contributed by atoms with Crippen LogP contribution < -0.4 is 5.32 Å². The molecule has 6 heteroatoms. The van der Waals surface area contributed by atoms with Crippen LogP contribution in [-0.4, -0.2) is 34.9 Å². The molecule has 2 atom stereocenters. The minimum atomic E-state index is 0.573. The number of methoxy groups -OCH3 is 1. The van der Waals surface area contributed by atoms with Crippen molar-refractivity contribution in [3.63, 3.8) is 0 Å². The molecule has 1 aromatic rings. The van der Waals surface area contributed by atoms with Gasteiger partial charge in [0.25, 0.3) is 0 Å². The topological polar surface area (TPSA) is 34.1 Å². The molecule has 1 saturated heterocycles. The zero-order chi connectivity index (χ0) is 14.7. The zero-order valence-corrected chi connectivity index (χ0v) is 15.2. The van der Waals surface area contributed by atoms with Crippen molar-refractivity contribution in [2.24, 2.45) is 0 Å². The maximum Gasteiger partial charge on any atom is 0.107 e. The lowest BCUT2D eigenvalue weighted by Gasteiger charge is -2.28. The van der Waals surface area contributed by atoms with Gasteiger partial charge in [0.15, 0.2) is 0 Å².